The first-order valence-corrected chi connectivity index (χ1v) is 5.98. The molecule has 0 spiro atoms. The Morgan fingerprint density at radius 3 is 3.00 bits per heavy atom. The average molecular weight is 244 g/mol. The molecule has 0 amide bonds. The van der Waals surface area contributed by atoms with Crippen molar-refractivity contribution in [2.75, 3.05) is 13.7 Å². The summed E-state index contributed by atoms with van der Waals surface area (Å²) in [4.78, 5) is 0. The van der Waals surface area contributed by atoms with Gasteiger partial charge in [-0.2, -0.15) is 5.10 Å². The van der Waals surface area contributed by atoms with Crippen LogP contribution in [-0.4, -0.2) is 23.5 Å². The monoisotopic (exact) mass is 243 g/mol. The van der Waals surface area contributed by atoms with Crippen LogP contribution in [0.3, 0.4) is 0 Å². The van der Waals surface area contributed by atoms with E-state index >= 15 is 0 Å². The summed E-state index contributed by atoms with van der Waals surface area (Å²) in [6.45, 7) is 3.54. The van der Waals surface area contributed by atoms with Gasteiger partial charge in [-0.3, -0.25) is 4.68 Å². The van der Waals surface area contributed by atoms with Crippen LogP contribution in [0, 0.1) is 11.8 Å². The van der Waals surface area contributed by atoms with E-state index in [9.17, 15) is 0 Å². The number of nitrogens with two attached hydrogens (primary N) is 1. The zero-order chi connectivity index (χ0) is 11.7. The SMILES string of the molecule is COCCn1ncc(Cl)c1C(N)C1CC1C. The van der Waals surface area contributed by atoms with Crippen molar-refractivity contribution in [1.29, 1.82) is 0 Å². The molecule has 1 aliphatic carbocycles. The van der Waals surface area contributed by atoms with Crippen LogP contribution >= 0.6 is 11.6 Å². The zero-order valence-corrected chi connectivity index (χ0v) is 10.4. The minimum atomic E-state index is 0.00172. The molecule has 1 aromatic rings. The van der Waals surface area contributed by atoms with Gasteiger partial charge in [0, 0.05) is 7.11 Å². The molecule has 90 valence electrons. The maximum absolute atomic E-state index is 6.22. The Labute approximate surface area is 101 Å². The first-order valence-electron chi connectivity index (χ1n) is 5.61. The smallest absolute Gasteiger partial charge is 0.0834 e. The van der Waals surface area contributed by atoms with E-state index in [1.54, 1.807) is 13.3 Å². The Bertz CT molecular complexity index is 366. The standard InChI is InChI=1S/C11H18ClN3O/c1-7-5-8(7)10(13)11-9(12)6-14-15(11)3-4-16-2/h6-8,10H,3-5,13H2,1-2H3. The zero-order valence-electron chi connectivity index (χ0n) is 9.69. The highest BCUT2D eigenvalue weighted by molar-refractivity contribution is 6.31. The Balaban J connectivity index is 2.14. The lowest BCUT2D eigenvalue weighted by Gasteiger charge is -2.14. The van der Waals surface area contributed by atoms with E-state index in [0.29, 0.717) is 30.0 Å². The molecule has 1 aromatic heterocycles. The van der Waals surface area contributed by atoms with Crippen LogP contribution < -0.4 is 5.73 Å². The summed E-state index contributed by atoms with van der Waals surface area (Å²) in [5.74, 6) is 1.26. The van der Waals surface area contributed by atoms with E-state index in [1.165, 1.54) is 6.42 Å². The minimum Gasteiger partial charge on any atom is -0.383 e. The third kappa shape index (κ3) is 2.24. The molecule has 2 N–H and O–H groups in total. The number of methoxy groups -OCH3 is 1. The molecule has 3 unspecified atom stereocenters. The second-order valence-corrected chi connectivity index (χ2v) is 4.90. The molecule has 4 nitrogen and oxygen atoms in total. The van der Waals surface area contributed by atoms with Crippen molar-refractivity contribution in [3.8, 4) is 0 Å². The molecule has 0 aromatic carbocycles. The molecular weight excluding hydrogens is 226 g/mol. The topological polar surface area (TPSA) is 53.1 Å². The van der Waals surface area contributed by atoms with Gasteiger partial charge in [-0.15, -0.1) is 0 Å². The normalized spacial score (nSPS) is 25.8. The van der Waals surface area contributed by atoms with E-state index in [1.807, 2.05) is 4.68 Å². The Morgan fingerprint density at radius 2 is 2.44 bits per heavy atom. The van der Waals surface area contributed by atoms with E-state index in [4.69, 9.17) is 22.1 Å². The van der Waals surface area contributed by atoms with Crippen molar-refractivity contribution in [3.05, 3.63) is 16.9 Å². The highest BCUT2D eigenvalue weighted by atomic mass is 35.5. The van der Waals surface area contributed by atoms with Gasteiger partial charge in [0.25, 0.3) is 0 Å². The fraction of sp³-hybridized carbons (Fsp3) is 0.727. The number of hydrogen-bond acceptors (Lipinski definition) is 3. The molecule has 1 fully saturated rings. The summed E-state index contributed by atoms with van der Waals surface area (Å²) in [6, 6.07) is 0.00172. The number of ether oxygens (including phenoxy) is 1. The Morgan fingerprint density at radius 1 is 1.75 bits per heavy atom. The summed E-state index contributed by atoms with van der Waals surface area (Å²) < 4.78 is 6.90. The first kappa shape index (κ1) is 11.9. The first-order chi connectivity index (χ1) is 7.65. The molecule has 0 bridgehead atoms. The third-order valence-corrected chi connectivity index (χ3v) is 3.58. The quantitative estimate of drug-likeness (QED) is 0.859. The summed E-state index contributed by atoms with van der Waals surface area (Å²) in [7, 11) is 1.67. The van der Waals surface area contributed by atoms with E-state index < -0.39 is 0 Å². The maximum Gasteiger partial charge on any atom is 0.0834 e. The predicted octanol–water partition coefficient (Wildman–Crippen LogP) is 1.84. The van der Waals surface area contributed by atoms with Gasteiger partial charge in [0.15, 0.2) is 0 Å². The molecule has 5 heteroatoms. The van der Waals surface area contributed by atoms with Crippen LogP contribution in [0.25, 0.3) is 0 Å². The van der Waals surface area contributed by atoms with Gasteiger partial charge in [0.2, 0.25) is 0 Å². The predicted molar refractivity (Wildman–Crippen MR) is 63.3 cm³/mol. The average Bonchev–Trinajstić information content (AvgIpc) is 2.87. The molecule has 0 saturated heterocycles. The second kappa shape index (κ2) is 4.73. The summed E-state index contributed by atoms with van der Waals surface area (Å²) >= 11 is 6.13. The van der Waals surface area contributed by atoms with Gasteiger partial charge in [-0.05, 0) is 18.3 Å². The number of nitrogens with zero attached hydrogens (tertiary/aromatic N) is 2. The van der Waals surface area contributed by atoms with Crippen molar-refractivity contribution in [3.63, 3.8) is 0 Å². The Kier molecular flexibility index (Phi) is 3.52. The van der Waals surface area contributed by atoms with Gasteiger partial charge < -0.3 is 10.5 Å². The molecule has 2 rings (SSSR count). The largest absolute Gasteiger partial charge is 0.383 e. The lowest BCUT2D eigenvalue weighted by atomic mass is 10.1. The number of aromatic nitrogens is 2. The van der Waals surface area contributed by atoms with Gasteiger partial charge in [0.1, 0.15) is 0 Å². The molecule has 1 heterocycles. The highest BCUT2D eigenvalue weighted by Crippen LogP contribution is 2.46. The van der Waals surface area contributed by atoms with Crippen LogP contribution in [0.4, 0.5) is 0 Å². The number of hydrogen-bond donors (Lipinski definition) is 1. The third-order valence-electron chi connectivity index (χ3n) is 3.29. The molecule has 16 heavy (non-hydrogen) atoms. The van der Waals surface area contributed by atoms with Crippen LogP contribution in [0.5, 0.6) is 0 Å². The van der Waals surface area contributed by atoms with E-state index in [-0.39, 0.29) is 6.04 Å². The second-order valence-electron chi connectivity index (χ2n) is 4.50. The van der Waals surface area contributed by atoms with Crippen molar-refractivity contribution < 1.29 is 4.74 Å². The van der Waals surface area contributed by atoms with E-state index in [0.717, 1.165) is 5.69 Å². The van der Waals surface area contributed by atoms with Gasteiger partial charge in [-0.25, -0.2) is 0 Å². The molecule has 3 atom stereocenters. The summed E-state index contributed by atoms with van der Waals surface area (Å²) in [5, 5.41) is 4.90. The van der Waals surface area contributed by atoms with Crippen molar-refractivity contribution in [1.82, 2.24) is 9.78 Å². The molecule has 0 radical (unpaired) electrons. The van der Waals surface area contributed by atoms with Crippen LogP contribution in [-0.2, 0) is 11.3 Å². The molecule has 1 saturated carbocycles. The van der Waals surface area contributed by atoms with Crippen LogP contribution in [0.1, 0.15) is 25.1 Å². The van der Waals surface area contributed by atoms with Crippen molar-refractivity contribution >= 4 is 11.6 Å². The highest BCUT2D eigenvalue weighted by Gasteiger charge is 2.40. The van der Waals surface area contributed by atoms with Crippen molar-refractivity contribution in [2.24, 2.45) is 17.6 Å². The van der Waals surface area contributed by atoms with Gasteiger partial charge in [0.05, 0.1) is 36.1 Å². The van der Waals surface area contributed by atoms with Gasteiger partial charge in [-0.1, -0.05) is 18.5 Å². The number of rotatable bonds is 5. The lowest BCUT2D eigenvalue weighted by molar-refractivity contribution is 0.181. The molecular formula is C11H18ClN3O. The minimum absolute atomic E-state index is 0.00172. The Hall–Kier alpha value is -0.580. The number of halogens is 1. The summed E-state index contributed by atoms with van der Waals surface area (Å²) in [5.41, 5.74) is 7.17. The summed E-state index contributed by atoms with van der Waals surface area (Å²) in [6.07, 6.45) is 2.85. The van der Waals surface area contributed by atoms with E-state index in [2.05, 4.69) is 12.0 Å². The van der Waals surface area contributed by atoms with Crippen molar-refractivity contribution in [2.45, 2.75) is 25.9 Å². The molecule has 0 aliphatic heterocycles. The fourth-order valence-corrected chi connectivity index (χ4v) is 2.38. The fourth-order valence-electron chi connectivity index (χ4n) is 2.11. The van der Waals surface area contributed by atoms with Crippen LogP contribution in [0.2, 0.25) is 5.02 Å². The van der Waals surface area contributed by atoms with Gasteiger partial charge >= 0.3 is 0 Å². The maximum atomic E-state index is 6.22. The lowest BCUT2D eigenvalue weighted by Crippen LogP contribution is -2.20. The molecule has 1 aliphatic rings. The van der Waals surface area contributed by atoms with Crippen LogP contribution in [0.15, 0.2) is 6.20 Å².